The fourth-order valence-corrected chi connectivity index (χ4v) is 3.64. The van der Waals surface area contributed by atoms with Crippen LogP contribution in [0.1, 0.15) is 44.1 Å². The lowest BCUT2D eigenvalue weighted by Crippen LogP contribution is -2.52. The summed E-state index contributed by atoms with van der Waals surface area (Å²) >= 11 is 0. The van der Waals surface area contributed by atoms with Crippen LogP contribution in [0.25, 0.3) is 0 Å². The molecule has 2 aliphatic rings. The van der Waals surface area contributed by atoms with E-state index in [9.17, 15) is 4.79 Å². The van der Waals surface area contributed by atoms with Gasteiger partial charge in [0.1, 0.15) is 0 Å². The fourth-order valence-electron chi connectivity index (χ4n) is 3.64. The van der Waals surface area contributed by atoms with Crippen LogP contribution in [0, 0.1) is 5.92 Å². The Morgan fingerprint density at radius 1 is 1.30 bits per heavy atom. The second kappa shape index (κ2) is 5.57. The minimum absolute atomic E-state index is 0.187. The SMILES string of the molecule is CC1CCCC(CN)N1C(=O)C1CC1c1ccccc1. The van der Waals surface area contributed by atoms with Crippen molar-refractivity contribution in [2.75, 3.05) is 6.54 Å². The van der Waals surface area contributed by atoms with Gasteiger partial charge in [-0.05, 0) is 44.1 Å². The summed E-state index contributed by atoms with van der Waals surface area (Å²) in [6.07, 6.45) is 4.38. The molecule has 2 N–H and O–H groups in total. The van der Waals surface area contributed by atoms with Crippen LogP contribution in [0.5, 0.6) is 0 Å². The van der Waals surface area contributed by atoms with Crippen LogP contribution in [-0.2, 0) is 4.79 Å². The van der Waals surface area contributed by atoms with E-state index in [0.717, 1.165) is 19.3 Å². The van der Waals surface area contributed by atoms with E-state index < -0.39 is 0 Å². The van der Waals surface area contributed by atoms with Gasteiger partial charge in [-0.3, -0.25) is 4.79 Å². The lowest BCUT2D eigenvalue weighted by atomic mass is 9.95. The average Bonchev–Trinajstić information content (AvgIpc) is 3.27. The maximum atomic E-state index is 12.8. The van der Waals surface area contributed by atoms with Gasteiger partial charge in [0.2, 0.25) is 5.91 Å². The fraction of sp³-hybridized carbons (Fsp3) is 0.588. The molecule has 1 aliphatic carbocycles. The van der Waals surface area contributed by atoms with E-state index in [2.05, 4.69) is 36.1 Å². The number of hydrogen-bond acceptors (Lipinski definition) is 2. The molecule has 3 heteroatoms. The van der Waals surface area contributed by atoms with Crippen LogP contribution < -0.4 is 5.73 Å². The van der Waals surface area contributed by atoms with E-state index in [4.69, 9.17) is 5.73 Å². The molecule has 1 aliphatic heterocycles. The van der Waals surface area contributed by atoms with Crippen molar-refractivity contribution in [3.05, 3.63) is 35.9 Å². The molecule has 1 saturated heterocycles. The Morgan fingerprint density at radius 3 is 2.75 bits per heavy atom. The maximum Gasteiger partial charge on any atom is 0.226 e. The summed E-state index contributed by atoms with van der Waals surface area (Å²) < 4.78 is 0. The Bertz CT molecular complexity index is 473. The van der Waals surface area contributed by atoms with E-state index in [0.29, 0.717) is 24.4 Å². The van der Waals surface area contributed by atoms with Gasteiger partial charge < -0.3 is 10.6 Å². The Labute approximate surface area is 121 Å². The number of carbonyl (C=O) groups is 1. The summed E-state index contributed by atoms with van der Waals surface area (Å²) in [6.45, 7) is 2.76. The molecule has 3 rings (SSSR count). The number of rotatable bonds is 3. The number of amides is 1. The monoisotopic (exact) mass is 272 g/mol. The number of likely N-dealkylation sites (tertiary alicyclic amines) is 1. The molecule has 0 aromatic heterocycles. The zero-order valence-electron chi connectivity index (χ0n) is 12.2. The zero-order valence-corrected chi connectivity index (χ0v) is 12.2. The van der Waals surface area contributed by atoms with E-state index in [-0.39, 0.29) is 12.0 Å². The molecule has 0 spiro atoms. The van der Waals surface area contributed by atoms with Gasteiger partial charge in [-0.15, -0.1) is 0 Å². The van der Waals surface area contributed by atoms with E-state index in [1.165, 1.54) is 12.0 Å². The van der Waals surface area contributed by atoms with Crippen molar-refractivity contribution in [3.63, 3.8) is 0 Å². The van der Waals surface area contributed by atoms with Crippen molar-refractivity contribution in [1.29, 1.82) is 0 Å². The second-order valence-electron chi connectivity index (χ2n) is 6.27. The Kier molecular flexibility index (Phi) is 3.79. The minimum atomic E-state index is 0.187. The first-order valence-corrected chi connectivity index (χ1v) is 7.79. The smallest absolute Gasteiger partial charge is 0.226 e. The van der Waals surface area contributed by atoms with Crippen molar-refractivity contribution >= 4 is 5.91 Å². The minimum Gasteiger partial charge on any atom is -0.335 e. The van der Waals surface area contributed by atoms with Crippen molar-refractivity contribution in [2.45, 2.75) is 50.6 Å². The van der Waals surface area contributed by atoms with Gasteiger partial charge in [0, 0.05) is 24.5 Å². The second-order valence-corrected chi connectivity index (χ2v) is 6.27. The third kappa shape index (κ3) is 2.47. The highest BCUT2D eigenvalue weighted by Gasteiger charge is 2.47. The van der Waals surface area contributed by atoms with E-state index >= 15 is 0 Å². The Morgan fingerprint density at radius 2 is 2.05 bits per heavy atom. The number of nitrogens with zero attached hydrogens (tertiary/aromatic N) is 1. The summed E-state index contributed by atoms with van der Waals surface area (Å²) in [4.78, 5) is 14.9. The van der Waals surface area contributed by atoms with E-state index in [1.807, 2.05) is 6.07 Å². The molecule has 2 fully saturated rings. The number of piperidine rings is 1. The molecule has 4 unspecified atom stereocenters. The highest BCUT2D eigenvalue weighted by atomic mass is 16.2. The molecule has 1 saturated carbocycles. The molecule has 1 aromatic carbocycles. The summed E-state index contributed by atoms with van der Waals surface area (Å²) in [5.74, 6) is 0.949. The van der Waals surface area contributed by atoms with Gasteiger partial charge in [0.05, 0.1) is 0 Å². The number of nitrogens with two attached hydrogens (primary N) is 1. The maximum absolute atomic E-state index is 12.8. The molecule has 20 heavy (non-hydrogen) atoms. The third-order valence-corrected chi connectivity index (χ3v) is 4.89. The molecule has 1 heterocycles. The summed E-state index contributed by atoms with van der Waals surface area (Å²) in [6, 6.07) is 11.0. The van der Waals surface area contributed by atoms with Crippen molar-refractivity contribution in [3.8, 4) is 0 Å². The summed E-state index contributed by atoms with van der Waals surface area (Å²) in [5.41, 5.74) is 7.17. The van der Waals surface area contributed by atoms with Crippen molar-refractivity contribution < 1.29 is 4.79 Å². The standard InChI is InChI=1S/C17H24N2O/c1-12-6-5-9-14(11-18)19(12)17(20)16-10-15(16)13-7-3-2-4-8-13/h2-4,7-8,12,14-16H,5-6,9-11,18H2,1H3. The van der Waals surface area contributed by atoms with Gasteiger partial charge in [-0.2, -0.15) is 0 Å². The summed E-state index contributed by atoms with van der Waals surface area (Å²) in [7, 11) is 0. The number of hydrogen-bond donors (Lipinski definition) is 1. The van der Waals surface area contributed by atoms with Crippen LogP contribution in [-0.4, -0.2) is 29.4 Å². The van der Waals surface area contributed by atoms with Gasteiger partial charge in [-0.25, -0.2) is 0 Å². The average molecular weight is 272 g/mol. The molecule has 0 bridgehead atoms. The topological polar surface area (TPSA) is 46.3 Å². The van der Waals surface area contributed by atoms with Crippen LogP contribution in [0.2, 0.25) is 0 Å². The highest BCUT2D eigenvalue weighted by Crippen LogP contribution is 2.49. The van der Waals surface area contributed by atoms with Crippen molar-refractivity contribution in [1.82, 2.24) is 4.90 Å². The number of carbonyl (C=O) groups excluding carboxylic acids is 1. The largest absolute Gasteiger partial charge is 0.335 e. The first kappa shape index (κ1) is 13.6. The van der Waals surface area contributed by atoms with Crippen molar-refractivity contribution in [2.24, 2.45) is 11.7 Å². The normalized spacial score (nSPS) is 33.0. The van der Waals surface area contributed by atoms with Crippen LogP contribution >= 0.6 is 0 Å². The predicted molar refractivity (Wildman–Crippen MR) is 80.3 cm³/mol. The molecule has 0 radical (unpaired) electrons. The molecule has 3 nitrogen and oxygen atoms in total. The first-order chi connectivity index (χ1) is 9.72. The molecule has 1 amide bonds. The predicted octanol–water partition coefficient (Wildman–Crippen LogP) is 2.52. The quantitative estimate of drug-likeness (QED) is 0.919. The van der Waals surface area contributed by atoms with Crippen LogP contribution in [0.15, 0.2) is 30.3 Å². The van der Waals surface area contributed by atoms with E-state index in [1.54, 1.807) is 0 Å². The third-order valence-electron chi connectivity index (χ3n) is 4.89. The summed E-state index contributed by atoms with van der Waals surface area (Å²) in [5, 5.41) is 0. The van der Waals surface area contributed by atoms with Gasteiger partial charge in [0.15, 0.2) is 0 Å². The molecule has 4 atom stereocenters. The molecule has 1 aromatic rings. The van der Waals surface area contributed by atoms with Gasteiger partial charge in [0.25, 0.3) is 0 Å². The Balaban J connectivity index is 1.70. The lowest BCUT2D eigenvalue weighted by molar-refractivity contribution is -0.139. The highest BCUT2D eigenvalue weighted by molar-refractivity contribution is 5.83. The molecule has 108 valence electrons. The van der Waals surface area contributed by atoms with Crippen LogP contribution in [0.4, 0.5) is 0 Å². The Hall–Kier alpha value is -1.35. The van der Waals surface area contributed by atoms with Gasteiger partial charge >= 0.3 is 0 Å². The lowest BCUT2D eigenvalue weighted by Gasteiger charge is -2.40. The zero-order chi connectivity index (χ0) is 14.1. The molecular weight excluding hydrogens is 248 g/mol. The number of benzene rings is 1. The van der Waals surface area contributed by atoms with Gasteiger partial charge in [-0.1, -0.05) is 30.3 Å². The molecular formula is C17H24N2O. The van der Waals surface area contributed by atoms with Crippen LogP contribution in [0.3, 0.4) is 0 Å². The first-order valence-electron chi connectivity index (χ1n) is 7.79.